The lowest BCUT2D eigenvalue weighted by Gasteiger charge is -2.23. The zero-order valence-corrected chi connectivity index (χ0v) is 14.3. The van der Waals surface area contributed by atoms with Gasteiger partial charge < -0.3 is 4.90 Å². The maximum Gasteiger partial charge on any atom is 0.256 e. The summed E-state index contributed by atoms with van der Waals surface area (Å²) < 4.78 is 40.3. The van der Waals surface area contributed by atoms with E-state index in [9.17, 15) is 13.2 Å². The topological polar surface area (TPSA) is 41.9 Å². The predicted octanol–water partition coefficient (Wildman–Crippen LogP) is 4.98. The molecule has 0 radical (unpaired) electrons. The number of anilines is 2. The zero-order valence-electron chi connectivity index (χ0n) is 11.9. The number of hydrogen-bond acceptors (Lipinski definition) is 4. The largest absolute Gasteiger partial charge is 0.305 e. The van der Waals surface area contributed by atoms with Gasteiger partial charge in [-0.05, 0) is 57.9 Å². The fourth-order valence-electron chi connectivity index (χ4n) is 2.24. The van der Waals surface area contributed by atoms with Gasteiger partial charge in [-0.1, -0.05) is 6.07 Å². The Balaban J connectivity index is 2.24. The van der Waals surface area contributed by atoms with Gasteiger partial charge in [-0.15, -0.1) is 0 Å². The Morgan fingerprint density at radius 1 is 1.12 bits per heavy atom. The molecule has 0 fully saturated rings. The molecule has 0 saturated carbocycles. The summed E-state index contributed by atoms with van der Waals surface area (Å²) >= 11 is 9.10. The average molecular weight is 418 g/mol. The molecule has 24 heavy (non-hydrogen) atoms. The van der Waals surface area contributed by atoms with Crippen LogP contribution in [0.3, 0.4) is 0 Å². The highest BCUT2D eigenvalue weighted by molar-refractivity contribution is 9.10. The smallest absolute Gasteiger partial charge is 0.256 e. The highest BCUT2D eigenvalue weighted by Crippen LogP contribution is 2.31. The molecule has 2 heterocycles. The number of hydrogen-bond donors (Lipinski definition) is 0. The van der Waals surface area contributed by atoms with E-state index in [0.29, 0.717) is 10.1 Å². The summed E-state index contributed by atoms with van der Waals surface area (Å²) in [4.78, 5) is 13.4. The van der Waals surface area contributed by atoms with Crippen molar-refractivity contribution in [1.29, 1.82) is 0 Å². The summed E-state index contributed by atoms with van der Waals surface area (Å²) in [6.45, 7) is -0.678. The number of aromatic nitrogens is 3. The Labute approximate surface area is 148 Å². The molecule has 1 aromatic carbocycles. The molecular formula is C15H9BrClF3N4. The molecule has 9 heteroatoms. The van der Waals surface area contributed by atoms with Crippen molar-refractivity contribution in [3.63, 3.8) is 0 Å². The average Bonchev–Trinajstić information content (AvgIpc) is 2.52. The lowest BCUT2D eigenvalue weighted by atomic mass is 10.2. The molecule has 3 rings (SSSR count). The van der Waals surface area contributed by atoms with E-state index in [0.717, 1.165) is 0 Å². The van der Waals surface area contributed by atoms with Crippen molar-refractivity contribution >= 4 is 50.1 Å². The van der Waals surface area contributed by atoms with Crippen LogP contribution in [0.5, 0.6) is 0 Å². The second-order valence-corrected chi connectivity index (χ2v) is 5.95. The second kappa shape index (κ2) is 6.90. The van der Waals surface area contributed by atoms with Crippen molar-refractivity contribution in [3.05, 3.63) is 52.1 Å². The summed E-state index contributed by atoms with van der Waals surface area (Å²) in [7, 11) is 0. The molecule has 0 aliphatic rings. The van der Waals surface area contributed by atoms with E-state index in [1.54, 1.807) is 18.2 Å². The van der Waals surface area contributed by atoms with Crippen LogP contribution in [0.15, 0.2) is 41.0 Å². The van der Waals surface area contributed by atoms with Gasteiger partial charge in [0, 0.05) is 5.39 Å². The van der Waals surface area contributed by atoms with Crippen molar-refractivity contribution in [2.24, 2.45) is 0 Å². The maximum atomic E-state index is 13.6. The van der Waals surface area contributed by atoms with Gasteiger partial charge in [0.25, 0.3) is 6.43 Å². The monoisotopic (exact) mass is 416 g/mol. The van der Waals surface area contributed by atoms with E-state index in [1.807, 2.05) is 0 Å². The fraction of sp³-hybridized carbons (Fsp3) is 0.133. The zero-order chi connectivity index (χ0) is 17.3. The first-order chi connectivity index (χ1) is 11.4. The minimum absolute atomic E-state index is 0.0652. The summed E-state index contributed by atoms with van der Waals surface area (Å²) in [5, 5.41) is 0.139. The van der Waals surface area contributed by atoms with E-state index in [2.05, 4.69) is 30.9 Å². The van der Waals surface area contributed by atoms with Crippen molar-refractivity contribution in [2.45, 2.75) is 6.43 Å². The van der Waals surface area contributed by atoms with Crippen LogP contribution in [0.25, 0.3) is 10.9 Å². The molecule has 0 amide bonds. The molecule has 124 valence electrons. The number of pyridine rings is 1. The Morgan fingerprint density at radius 3 is 2.62 bits per heavy atom. The highest BCUT2D eigenvalue weighted by Gasteiger charge is 2.21. The van der Waals surface area contributed by atoms with Gasteiger partial charge in [0.1, 0.15) is 22.1 Å². The number of halogens is 5. The van der Waals surface area contributed by atoms with Gasteiger partial charge in [0.05, 0.1) is 12.1 Å². The quantitative estimate of drug-likeness (QED) is 0.443. The van der Waals surface area contributed by atoms with Gasteiger partial charge in [-0.25, -0.2) is 23.1 Å². The Kier molecular flexibility index (Phi) is 4.86. The lowest BCUT2D eigenvalue weighted by Crippen LogP contribution is -2.26. The van der Waals surface area contributed by atoms with Crippen LogP contribution in [0.2, 0.25) is 5.28 Å². The second-order valence-electron chi connectivity index (χ2n) is 4.80. The maximum absolute atomic E-state index is 13.6. The molecule has 2 aromatic heterocycles. The van der Waals surface area contributed by atoms with Crippen molar-refractivity contribution < 1.29 is 13.2 Å². The summed E-state index contributed by atoms with van der Waals surface area (Å²) in [6, 6.07) is 8.66. The minimum Gasteiger partial charge on any atom is -0.305 e. The predicted molar refractivity (Wildman–Crippen MR) is 89.5 cm³/mol. The van der Waals surface area contributed by atoms with Crippen LogP contribution < -0.4 is 4.90 Å². The molecule has 0 bridgehead atoms. The van der Waals surface area contributed by atoms with Crippen molar-refractivity contribution in [1.82, 2.24) is 15.0 Å². The Bertz CT molecular complexity index is 894. The number of benzene rings is 1. The summed E-state index contributed by atoms with van der Waals surface area (Å²) in [5.74, 6) is -0.241. The standard InChI is InChI=1S/C15H9BrClF3N4/c16-11-2-1-3-13(22-11)24(7-12(19)20)14-9-6-8(18)4-5-10(9)21-15(17)23-14/h1-6,12H,7H2. The van der Waals surface area contributed by atoms with Gasteiger partial charge >= 0.3 is 0 Å². The Hall–Kier alpha value is -1.93. The summed E-state index contributed by atoms with van der Waals surface area (Å²) in [6.07, 6.45) is -2.66. The first kappa shape index (κ1) is 16.9. The van der Waals surface area contributed by atoms with Gasteiger partial charge in [-0.2, -0.15) is 4.98 Å². The molecular weight excluding hydrogens is 409 g/mol. The van der Waals surface area contributed by atoms with E-state index in [4.69, 9.17) is 11.6 Å². The Morgan fingerprint density at radius 2 is 1.92 bits per heavy atom. The highest BCUT2D eigenvalue weighted by atomic mass is 79.9. The fourth-order valence-corrected chi connectivity index (χ4v) is 2.74. The number of nitrogens with zero attached hydrogens (tertiary/aromatic N) is 4. The van der Waals surface area contributed by atoms with Crippen LogP contribution in [0.1, 0.15) is 0 Å². The molecule has 0 unspecified atom stereocenters. The number of alkyl halides is 2. The van der Waals surface area contributed by atoms with Crippen LogP contribution >= 0.6 is 27.5 Å². The third-order valence-corrected chi connectivity index (χ3v) is 3.77. The molecule has 3 aromatic rings. The van der Waals surface area contributed by atoms with E-state index < -0.39 is 18.8 Å². The molecule has 0 aliphatic carbocycles. The number of rotatable bonds is 4. The van der Waals surface area contributed by atoms with Gasteiger partial charge in [0.15, 0.2) is 0 Å². The molecule has 0 aliphatic heterocycles. The molecule has 0 saturated heterocycles. The first-order valence-electron chi connectivity index (χ1n) is 6.75. The normalized spacial score (nSPS) is 11.2. The van der Waals surface area contributed by atoms with Gasteiger partial charge in [0.2, 0.25) is 5.28 Å². The van der Waals surface area contributed by atoms with Crippen LogP contribution in [0.4, 0.5) is 24.8 Å². The van der Waals surface area contributed by atoms with Crippen molar-refractivity contribution in [3.8, 4) is 0 Å². The molecule has 0 atom stereocenters. The molecule has 0 N–H and O–H groups in total. The van der Waals surface area contributed by atoms with E-state index in [1.165, 1.54) is 23.1 Å². The van der Waals surface area contributed by atoms with Crippen molar-refractivity contribution in [2.75, 3.05) is 11.4 Å². The minimum atomic E-state index is -2.66. The number of fused-ring (bicyclic) bond motifs is 1. The third kappa shape index (κ3) is 3.59. The summed E-state index contributed by atoms with van der Waals surface area (Å²) in [5.41, 5.74) is 0.348. The van der Waals surface area contributed by atoms with E-state index in [-0.39, 0.29) is 22.3 Å². The molecule has 4 nitrogen and oxygen atoms in total. The van der Waals surface area contributed by atoms with Crippen LogP contribution in [-0.4, -0.2) is 27.9 Å². The van der Waals surface area contributed by atoms with Gasteiger partial charge in [-0.3, -0.25) is 0 Å². The SMILES string of the molecule is Fc1ccc2nc(Cl)nc(N(CC(F)F)c3cccc(Br)n3)c2c1. The third-order valence-electron chi connectivity index (χ3n) is 3.16. The lowest BCUT2D eigenvalue weighted by molar-refractivity contribution is 0.157. The molecule has 0 spiro atoms. The van der Waals surface area contributed by atoms with E-state index >= 15 is 0 Å². The van der Waals surface area contributed by atoms with Crippen LogP contribution in [0, 0.1) is 5.82 Å². The van der Waals surface area contributed by atoms with Crippen LogP contribution in [-0.2, 0) is 0 Å². The first-order valence-corrected chi connectivity index (χ1v) is 7.92.